The van der Waals surface area contributed by atoms with Gasteiger partial charge in [0.1, 0.15) is 6.04 Å². The highest BCUT2D eigenvalue weighted by Crippen LogP contribution is 2.69. The Balaban J connectivity index is 1.80. The van der Waals surface area contributed by atoms with Gasteiger partial charge in [0.2, 0.25) is 11.8 Å². The molecule has 3 heterocycles. The number of likely N-dealkylation sites (tertiary alicyclic amines) is 1. The number of hydrogen-bond donors (Lipinski definition) is 1. The third kappa shape index (κ3) is 5.50. The van der Waals surface area contributed by atoms with Crippen molar-refractivity contribution >= 4 is 35.2 Å². The second kappa shape index (κ2) is 13.2. The molecule has 41 heavy (non-hydrogen) atoms. The molecule has 2 bridgehead atoms. The number of nitrogens with zero attached hydrogens (tertiary/aromatic N) is 3. The summed E-state index contributed by atoms with van der Waals surface area (Å²) in [5, 5.41) is 9.35. The fourth-order valence-electron chi connectivity index (χ4n) is 7.41. The number of amides is 3. The normalized spacial score (nSPS) is 28.1. The van der Waals surface area contributed by atoms with Gasteiger partial charge in [0.05, 0.1) is 16.6 Å². The Morgan fingerprint density at radius 1 is 1.15 bits per heavy atom. The Kier molecular flexibility index (Phi) is 10.1. The summed E-state index contributed by atoms with van der Waals surface area (Å²) in [5.41, 5.74) is 2.88. The maximum absolute atomic E-state index is 14.9. The Morgan fingerprint density at radius 3 is 2.54 bits per heavy atom. The second-order valence-corrected chi connectivity index (χ2v) is 13.5. The van der Waals surface area contributed by atoms with Gasteiger partial charge < -0.3 is 19.8 Å². The Labute approximate surface area is 250 Å². The minimum atomic E-state index is -0.671. The molecule has 3 amide bonds. The van der Waals surface area contributed by atoms with Gasteiger partial charge in [-0.05, 0) is 69.1 Å². The maximum atomic E-state index is 14.9. The molecule has 0 radical (unpaired) electrons. The SMILES string of the molecule is C=CCN(CCC)C(=O)[C@@H]1[C@H]2C(=O)N(CCCCCO)C(C(=O)N(CC=C)c3cc(C)ccc3C)C23S[C@@H]1CC3C. The number of aryl methyl sites for hydroxylation is 2. The summed E-state index contributed by atoms with van der Waals surface area (Å²) in [7, 11) is 0. The van der Waals surface area contributed by atoms with Gasteiger partial charge in [-0.15, -0.1) is 24.9 Å². The van der Waals surface area contributed by atoms with Crippen LogP contribution < -0.4 is 4.90 Å². The van der Waals surface area contributed by atoms with Gasteiger partial charge in [0, 0.05) is 43.7 Å². The molecule has 224 valence electrons. The first-order valence-electron chi connectivity index (χ1n) is 15.2. The zero-order valence-electron chi connectivity index (χ0n) is 25.2. The summed E-state index contributed by atoms with van der Waals surface area (Å²) in [6, 6.07) is 5.42. The van der Waals surface area contributed by atoms with E-state index in [1.54, 1.807) is 33.7 Å². The number of anilines is 1. The molecule has 8 heteroatoms. The van der Waals surface area contributed by atoms with Crippen molar-refractivity contribution in [1.82, 2.24) is 9.80 Å². The van der Waals surface area contributed by atoms with Crippen LogP contribution in [0.3, 0.4) is 0 Å². The Bertz CT molecular complexity index is 1170. The van der Waals surface area contributed by atoms with E-state index in [1.807, 2.05) is 43.9 Å². The molecule has 0 saturated carbocycles. The molecule has 0 aliphatic carbocycles. The third-order valence-electron chi connectivity index (χ3n) is 9.21. The topological polar surface area (TPSA) is 81.2 Å². The number of thioether (sulfide) groups is 1. The molecule has 6 atom stereocenters. The van der Waals surface area contributed by atoms with E-state index < -0.39 is 22.6 Å². The molecule has 3 unspecified atom stereocenters. The predicted octanol–water partition coefficient (Wildman–Crippen LogP) is 4.75. The minimum Gasteiger partial charge on any atom is -0.396 e. The first-order valence-corrected chi connectivity index (χ1v) is 16.0. The van der Waals surface area contributed by atoms with Crippen molar-refractivity contribution in [3.63, 3.8) is 0 Å². The van der Waals surface area contributed by atoms with E-state index in [0.717, 1.165) is 36.1 Å². The minimum absolute atomic E-state index is 0.0102. The van der Waals surface area contributed by atoms with E-state index in [0.29, 0.717) is 39.0 Å². The highest BCUT2D eigenvalue weighted by atomic mass is 32.2. The molecule has 0 aromatic heterocycles. The van der Waals surface area contributed by atoms with Gasteiger partial charge in [0.25, 0.3) is 5.91 Å². The van der Waals surface area contributed by atoms with Gasteiger partial charge in [-0.1, -0.05) is 38.1 Å². The van der Waals surface area contributed by atoms with Crippen molar-refractivity contribution < 1.29 is 19.5 Å². The number of aliphatic hydroxyl groups is 1. The van der Waals surface area contributed by atoms with Crippen LogP contribution in [0.15, 0.2) is 43.5 Å². The molecule has 3 fully saturated rings. The lowest BCUT2D eigenvalue weighted by Crippen LogP contribution is -2.57. The van der Waals surface area contributed by atoms with E-state index in [1.165, 1.54) is 0 Å². The van der Waals surface area contributed by atoms with Crippen LogP contribution in [0.1, 0.15) is 57.1 Å². The average molecular weight is 582 g/mol. The van der Waals surface area contributed by atoms with Crippen LogP contribution in [-0.2, 0) is 14.4 Å². The molecule has 3 aliphatic heterocycles. The Hall–Kier alpha value is -2.58. The number of benzene rings is 1. The summed E-state index contributed by atoms with van der Waals surface area (Å²) in [6.45, 7) is 18.0. The van der Waals surface area contributed by atoms with Crippen molar-refractivity contribution in [1.29, 1.82) is 0 Å². The summed E-state index contributed by atoms with van der Waals surface area (Å²) in [5.74, 6) is -1.02. The number of carbonyl (C=O) groups excluding carboxylic acids is 3. The van der Waals surface area contributed by atoms with Crippen LogP contribution in [0.25, 0.3) is 0 Å². The van der Waals surface area contributed by atoms with Gasteiger partial charge in [0.15, 0.2) is 0 Å². The quantitative estimate of drug-likeness (QED) is 0.253. The van der Waals surface area contributed by atoms with Gasteiger partial charge in [-0.3, -0.25) is 14.4 Å². The molecular formula is C33H47N3O4S. The zero-order chi connectivity index (χ0) is 29.9. The fraction of sp³-hybridized carbons (Fsp3) is 0.606. The van der Waals surface area contributed by atoms with Crippen LogP contribution in [0.5, 0.6) is 0 Å². The number of aliphatic hydroxyl groups excluding tert-OH is 1. The highest BCUT2D eigenvalue weighted by molar-refractivity contribution is 8.02. The van der Waals surface area contributed by atoms with Crippen molar-refractivity contribution in [2.24, 2.45) is 17.8 Å². The first kappa shape index (κ1) is 31.4. The van der Waals surface area contributed by atoms with Crippen LogP contribution >= 0.6 is 11.8 Å². The molecule has 1 spiro atoms. The smallest absolute Gasteiger partial charge is 0.251 e. The molecule has 1 aromatic rings. The number of hydrogen-bond acceptors (Lipinski definition) is 5. The summed E-state index contributed by atoms with van der Waals surface area (Å²) >= 11 is 1.72. The lowest BCUT2D eigenvalue weighted by molar-refractivity contribution is -0.144. The highest BCUT2D eigenvalue weighted by Gasteiger charge is 2.76. The zero-order valence-corrected chi connectivity index (χ0v) is 26.0. The Morgan fingerprint density at radius 2 is 1.88 bits per heavy atom. The molecule has 7 nitrogen and oxygen atoms in total. The number of unbranched alkanes of at least 4 members (excludes halogenated alkanes) is 2. The third-order valence-corrected chi connectivity index (χ3v) is 11.3. The van der Waals surface area contributed by atoms with Crippen LogP contribution in [-0.4, -0.2) is 81.5 Å². The van der Waals surface area contributed by atoms with Crippen molar-refractivity contribution in [2.45, 2.75) is 75.8 Å². The van der Waals surface area contributed by atoms with Gasteiger partial charge >= 0.3 is 0 Å². The van der Waals surface area contributed by atoms with Crippen molar-refractivity contribution in [3.05, 3.63) is 54.6 Å². The summed E-state index contributed by atoms with van der Waals surface area (Å²) in [4.78, 5) is 48.8. The van der Waals surface area contributed by atoms with E-state index in [4.69, 9.17) is 0 Å². The average Bonchev–Trinajstić information content (AvgIpc) is 3.54. The number of fused-ring (bicyclic) bond motifs is 1. The van der Waals surface area contributed by atoms with Gasteiger partial charge in [-0.25, -0.2) is 0 Å². The van der Waals surface area contributed by atoms with Crippen LogP contribution in [0.2, 0.25) is 0 Å². The van der Waals surface area contributed by atoms with Gasteiger partial charge in [-0.2, -0.15) is 0 Å². The molecule has 3 saturated heterocycles. The standard InChI is InChI=1S/C33H47N3O4S/c1-7-15-34(16-8-2)30(38)27-26-21-24(6)33(41-26)28(27)31(39)36(18-11-10-12-19-37)29(33)32(40)35(17-9-3)25-20-22(4)13-14-23(25)5/h7,9,13-14,20,24,26-29,37H,1,3,8,10-12,15-19,21H2,2,4-6H3/t24?,26-,27+,28+,29?,33?/m1/s1. The monoisotopic (exact) mass is 581 g/mol. The lowest BCUT2D eigenvalue weighted by atomic mass is 9.65. The van der Waals surface area contributed by atoms with Crippen LogP contribution in [0.4, 0.5) is 5.69 Å². The summed E-state index contributed by atoms with van der Waals surface area (Å²) in [6.07, 6.45) is 7.25. The largest absolute Gasteiger partial charge is 0.396 e. The fourth-order valence-corrected chi connectivity index (χ4v) is 9.82. The van der Waals surface area contributed by atoms with E-state index in [-0.39, 0.29) is 35.5 Å². The van der Waals surface area contributed by atoms with E-state index in [9.17, 15) is 19.5 Å². The summed E-state index contributed by atoms with van der Waals surface area (Å²) < 4.78 is -0.667. The van der Waals surface area contributed by atoms with Crippen LogP contribution in [0, 0.1) is 31.6 Å². The lowest BCUT2D eigenvalue weighted by Gasteiger charge is -2.41. The molecule has 3 aliphatic rings. The van der Waals surface area contributed by atoms with E-state index >= 15 is 0 Å². The molecular weight excluding hydrogens is 534 g/mol. The number of carbonyl (C=O) groups is 3. The predicted molar refractivity (Wildman–Crippen MR) is 167 cm³/mol. The molecule has 1 aromatic carbocycles. The number of rotatable bonds is 14. The van der Waals surface area contributed by atoms with Crippen molar-refractivity contribution in [3.8, 4) is 0 Å². The van der Waals surface area contributed by atoms with E-state index in [2.05, 4.69) is 20.1 Å². The molecule has 4 rings (SSSR count). The first-order chi connectivity index (χ1) is 19.7. The van der Waals surface area contributed by atoms with Crippen molar-refractivity contribution in [2.75, 3.05) is 37.7 Å². The molecule has 1 N–H and O–H groups in total. The second-order valence-electron chi connectivity index (χ2n) is 12.0. The maximum Gasteiger partial charge on any atom is 0.251 e.